The highest BCUT2D eigenvalue weighted by molar-refractivity contribution is 5.86. The van der Waals surface area contributed by atoms with Gasteiger partial charge in [0.15, 0.2) is 0 Å². The van der Waals surface area contributed by atoms with Crippen LogP contribution in [0, 0.1) is 12.8 Å². The van der Waals surface area contributed by atoms with Crippen LogP contribution in [0.1, 0.15) is 32.3 Å². The van der Waals surface area contributed by atoms with Gasteiger partial charge in [0.1, 0.15) is 5.78 Å². The fourth-order valence-corrected chi connectivity index (χ4v) is 2.79. The van der Waals surface area contributed by atoms with E-state index in [4.69, 9.17) is 0 Å². The van der Waals surface area contributed by atoms with E-state index >= 15 is 0 Å². The van der Waals surface area contributed by atoms with E-state index < -0.39 is 0 Å². The number of piperazine rings is 1. The predicted molar refractivity (Wildman–Crippen MR) is 89.1 cm³/mol. The van der Waals surface area contributed by atoms with Crippen molar-refractivity contribution >= 4 is 17.4 Å². The molecule has 1 fully saturated rings. The molecule has 1 aromatic carbocycles. The zero-order valence-corrected chi connectivity index (χ0v) is 13.8. The molecule has 0 unspecified atom stereocenters. The molecule has 0 spiro atoms. The van der Waals surface area contributed by atoms with Gasteiger partial charge in [0.05, 0.1) is 0 Å². The van der Waals surface area contributed by atoms with Crippen LogP contribution in [0.3, 0.4) is 0 Å². The molecule has 22 heavy (non-hydrogen) atoms. The van der Waals surface area contributed by atoms with Gasteiger partial charge in [-0.05, 0) is 18.6 Å². The number of hydrogen-bond donors (Lipinski definition) is 0. The number of benzene rings is 1. The van der Waals surface area contributed by atoms with Gasteiger partial charge in [-0.1, -0.05) is 32.0 Å². The van der Waals surface area contributed by atoms with E-state index in [1.54, 1.807) is 0 Å². The summed E-state index contributed by atoms with van der Waals surface area (Å²) < 4.78 is 0. The van der Waals surface area contributed by atoms with Crippen LogP contribution in [0.15, 0.2) is 24.3 Å². The Kier molecular flexibility index (Phi) is 5.58. The van der Waals surface area contributed by atoms with Crippen LogP contribution >= 0.6 is 0 Å². The van der Waals surface area contributed by atoms with Gasteiger partial charge in [-0.15, -0.1) is 0 Å². The molecule has 120 valence electrons. The van der Waals surface area contributed by atoms with Crippen LogP contribution in [-0.2, 0) is 9.59 Å². The van der Waals surface area contributed by atoms with E-state index in [-0.39, 0.29) is 17.6 Å². The van der Waals surface area contributed by atoms with Crippen molar-refractivity contribution in [2.45, 2.75) is 33.6 Å². The first-order chi connectivity index (χ1) is 10.5. The van der Waals surface area contributed by atoms with Crippen LogP contribution < -0.4 is 4.90 Å². The van der Waals surface area contributed by atoms with Crippen LogP contribution in [0.5, 0.6) is 0 Å². The molecule has 0 saturated carbocycles. The Morgan fingerprint density at radius 1 is 1.05 bits per heavy atom. The molecule has 4 heteroatoms. The van der Waals surface area contributed by atoms with E-state index in [0.717, 1.165) is 26.2 Å². The highest BCUT2D eigenvalue weighted by atomic mass is 16.2. The number of rotatable bonds is 5. The Balaban J connectivity index is 1.83. The lowest BCUT2D eigenvalue weighted by molar-refractivity contribution is -0.134. The first-order valence-corrected chi connectivity index (χ1v) is 8.10. The number of carbonyl (C=O) groups is 2. The van der Waals surface area contributed by atoms with Gasteiger partial charge < -0.3 is 9.80 Å². The molecule has 0 bridgehead atoms. The topological polar surface area (TPSA) is 40.6 Å². The highest BCUT2D eigenvalue weighted by Gasteiger charge is 2.22. The maximum absolute atomic E-state index is 12.2. The largest absolute Gasteiger partial charge is 0.368 e. The molecule has 1 saturated heterocycles. The summed E-state index contributed by atoms with van der Waals surface area (Å²) in [6.07, 6.45) is 0.718. The van der Waals surface area contributed by atoms with Crippen molar-refractivity contribution in [2.24, 2.45) is 5.92 Å². The molecule has 0 aliphatic carbocycles. The average molecular weight is 302 g/mol. The lowest BCUT2D eigenvalue weighted by Gasteiger charge is -2.36. The minimum atomic E-state index is 0.0192. The SMILES string of the molecule is Cc1ccccc1N1CCN(C(=O)CCC(=O)C(C)C)CC1. The lowest BCUT2D eigenvalue weighted by Crippen LogP contribution is -2.49. The number of Topliss-reactive ketones (excluding diaryl/α,β-unsaturated/α-hetero) is 1. The van der Waals surface area contributed by atoms with Gasteiger partial charge in [0.2, 0.25) is 5.91 Å². The second kappa shape index (κ2) is 7.43. The Hall–Kier alpha value is -1.84. The number of anilines is 1. The van der Waals surface area contributed by atoms with E-state index in [9.17, 15) is 9.59 Å². The minimum Gasteiger partial charge on any atom is -0.368 e. The molecule has 0 N–H and O–H groups in total. The van der Waals surface area contributed by atoms with E-state index in [0.29, 0.717) is 12.8 Å². The number of amides is 1. The summed E-state index contributed by atoms with van der Waals surface area (Å²) in [6, 6.07) is 8.35. The number of para-hydroxylation sites is 1. The van der Waals surface area contributed by atoms with Crippen molar-refractivity contribution in [3.05, 3.63) is 29.8 Å². The van der Waals surface area contributed by atoms with E-state index in [2.05, 4.69) is 30.0 Å². The standard InChI is InChI=1S/C18H26N2O2/c1-14(2)17(21)8-9-18(22)20-12-10-19(11-13-20)16-7-5-4-6-15(16)3/h4-7,14H,8-13H2,1-3H3. The Labute approximate surface area is 133 Å². The smallest absolute Gasteiger partial charge is 0.223 e. The molecule has 1 aliphatic heterocycles. The molecule has 1 aromatic rings. The molecule has 4 nitrogen and oxygen atoms in total. The summed E-state index contributed by atoms with van der Waals surface area (Å²) in [5, 5.41) is 0. The second-order valence-electron chi connectivity index (χ2n) is 6.28. The first-order valence-electron chi connectivity index (χ1n) is 8.10. The lowest BCUT2D eigenvalue weighted by atomic mass is 10.0. The first kappa shape index (κ1) is 16.5. The third kappa shape index (κ3) is 4.09. The summed E-state index contributed by atoms with van der Waals surface area (Å²) in [6.45, 7) is 9.07. The van der Waals surface area contributed by atoms with Gasteiger partial charge >= 0.3 is 0 Å². The maximum Gasteiger partial charge on any atom is 0.223 e. The molecular formula is C18H26N2O2. The summed E-state index contributed by atoms with van der Waals surface area (Å²) in [5.41, 5.74) is 2.52. The average Bonchev–Trinajstić information content (AvgIpc) is 2.52. The molecular weight excluding hydrogens is 276 g/mol. The number of carbonyl (C=O) groups excluding carboxylic acids is 2. The van der Waals surface area contributed by atoms with Crippen molar-refractivity contribution in [1.82, 2.24) is 4.90 Å². The number of ketones is 1. The van der Waals surface area contributed by atoms with Gasteiger partial charge in [0, 0.05) is 50.6 Å². The van der Waals surface area contributed by atoms with Crippen molar-refractivity contribution in [3.8, 4) is 0 Å². The Bertz CT molecular complexity index is 532. The molecule has 1 aliphatic rings. The number of aryl methyl sites for hydroxylation is 1. The van der Waals surface area contributed by atoms with Crippen LogP contribution in [-0.4, -0.2) is 42.8 Å². The monoisotopic (exact) mass is 302 g/mol. The zero-order chi connectivity index (χ0) is 16.1. The van der Waals surface area contributed by atoms with Crippen molar-refractivity contribution < 1.29 is 9.59 Å². The minimum absolute atomic E-state index is 0.0192. The van der Waals surface area contributed by atoms with Crippen molar-refractivity contribution in [3.63, 3.8) is 0 Å². The molecule has 0 atom stereocenters. The summed E-state index contributed by atoms with van der Waals surface area (Å²) in [4.78, 5) is 28.0. The van der Waals surface area contributed by atoms with Gasteiger partial charge in [-0.2, -0.15) is 0 Å². The Morgan fingerprint density at radius 3 is 2.27 bits per heavy atom. The molecule has 1 amide bonds. The zero-order valence-electron chi connectivity index (χ0n) is 13.8. The third-order valence-electron chi connectivity index (χ3n) is 4.32. The fourth-order valence-electron chi connectivity index (χ4n) is 2.79. The predicted octanol–water partition coefficient (Wildman–Crippen LogP) is 2.65. The van der Waals surface area contributed by atoms with Gasteiger partial charge in [0.25, 0.3) is 0 Å². The quantitative estimate of drug-likeness (QED) is 0.839. The van der Waals surface area contributed by atoms with E-state index in [1.165, 1.54) is 11.3 Å². The number of hydrogen-bond acceptors (Lipinski definition) is 3. The third-order valence-corrected chi connectivity index (χ3v) is 4.32. The van der Waals surface area contributed by atoms with Crippen molar-refractivity contribution in [1.29, 1.82) is 0 Å². The Morgan fingerprint density at radius 2 is 1.68 bits per heavy atom. The second-order valence-corrected chi connectivity index (χ2v) is 6.28. The normalized spacial score (nSPS) is 15.3. The van der Waals surface area contributed by atoms with Crippen LogP contribution in [0.25, 0.3) is 0 Å². The van der Waals surface area contributed by atoms with Crippen LogP contribution in [0.2, 0.25) is 0 Å². The molecule has 0 aromatic heterocycles. The fraction of sp³-hybridized carbons (Fsp3) is 0.556. The van der Waals surface area contributed by atoms with Gasteiger partial charge in [-0.25, -0.2) is 0 Å². The summed E-state index contributed by atoms with van der Waals surface area (Å²) >= 11 is 0. The molecule has 1 heterocycles. The summed E-state index contributed by atoms with van der Waals surface area (Å²) in [7, 11) is 0. The summed E-state index contributed by atoms with van der Waals surface area (Å²) in [5.74, 6) is 0.302. The molecule has 2 rings (SSSR count). The highest BCUT2D eigenvalue weighted by Crippen LogP contribution is 2.21. The van der Waals surface area contributed by atoms with Gasteiger partial charge in [-0.3, -0.25) is 9.59 Å². The maximum atomic E-state index is 12.2. The van der Waals surface area contributed by atoms with E-state index in [1.807, 2.05) is 24.8 Å². The number of nitrogens with zero attached hydrogens (tertiary/aromatic N) is 2. The molecule has 0 radical (unpaired) electrons. The van der Waals surface area contributed by atoms with Crippen molar-refractivity contribution in [2.75, 3.05) is 31.1 Å². The van der Waals surface area contributed by atoms with Crippen LogP contribution in [0.4, 0.5) is 5.69 Å².